The molecular formula is C24H27N5O5S. The van der Waals surface area contributed by atoms with Crippen LogP contribution in [-0.2, 0) is 26.2 Å². The Morgan fingerprint density at radius 3 is 2.86 bits per heavy atom. The number of nitrogens with one attached hydrogen (secondary N) is 2. The number of nitrogens with zero attached hydrogens (tertiary/aromatic N) is 3. The molecule has 11 heteroatoms. The number of H-pyrrole nitrogens is 1. The number of nitriles is 1. The number of benzene rings is 1. The number of amides is 1. The fraction of sp³-hybridized carbons (Fsp3) is 0.375. The van der Waals surface area contributed by atoms with Crippen LogP contribution in [-0.4, -0.2) is 59.0 Å². The number of aryl methyl sites for hydroxylation is 1. The van der Waals surface area contributed by atoms with Crippen LogP contribution in [0.1, 0.15) is 31.4 Å². The Labute approximate surface area is 203 Å². The summed E-state index contributed by atoms with van der Waals surface area (Å²) in [7, 11) is -4.06. The van der Waals surface area contributed by atoms with Crippen molar-refractivity contribution in [1.29, 1.82) is 5.26 Å². The van der Waals surface area contributed by atoms with Crippen LogP contribution >= 0.6 is 0 Å². The van der Waals surface area contributed by atoms with E-state index in [1.807, 2.05) is 0 Å². The summed E-state index contributed by atoms with van der Waals surface area (Å²) in [5.41, 5.74) is 1.07. The number of hydrogen-bond donors (Lipinski definition) is 3. The summed E-state index contributed by atoms with van der Waals surface area (Å²) in [6.45, 7) is 0.965. The Morgan fingerprint density at radius 2 is 2.09 bits per heavy atom. The quantitative estimate of drug-likeness (QED) is 0.413. The first-order chi connectivity index (χ1) is 16.8. The Hall–Kier alpha value is -3.62. The molecule has 3 aromatic rings. The highest BCUT2D eigenvalue weighted by Crippen LogP contribution is 2.24. The van der Waals surface area contributed by atoms with Crippen LogP contribution in [0.2, 0.25) is 0 Å². The predicted molar refractivity (Wildman–Crippen MR) is 128 cm³/mol. The van der Waals surface area contributed by atoms with Gasteiger partial charge in [0, 0.05) is 49.4 Å². The molecule has 4 rings (SSSR count). The number of carbonyl (C=O) groups excluding carboxylic acids is 1. The minimum Gasteiger partial charge on any atom is -0.481 e. The van der Waals surface area contributed by atoms with Gasteiger partial charge in [0.1, 0.15) is 17.8 Å². The van der Waals surface area contributed by atoms with Gasteiger partial charge in [0.15, 0.2) is 0 Å². The molecule has 0 radical (unpaired) electrons. The van der Waals surface area contributed by atoms with E-state index in [-0.39, 0.29) is 36.7 Å². The number of carbonyl (C=O) groups is 2. The van der Waals surface area contributed by atoms with Crippen molar-refractivity contribution < 1.29 is 23.1 Å². The fourth-order valence-electron chi connectivity index (χ4n) is 4.65. The van der Waals surface area contributed by atoms with Gasteiger partial charge in [-0.2, -0.15) is 9.98 Å². The van der Waals surface area contributed by atoms with E-state index in [4.69, 9.17) is 5.11 Å². The Kier molecular flexibility index (Phi) is 7.23. The van der Waals surface area contributed by atoms with E-state index in [0.29, 0.717) is 36.0 Å². The highest BCUT2D eigenvalue weighted by atomic mass is 32.2. The highest BCUT2D eigenvalue weighted by Gasteiger charge is 2.33. The van der Waals surface area contributed by atoms with Gasteiger partial charge in [0.2, 0.25) is 15.9 Å². The standard InChI is InChI=1S/C24H27N5O5S/c25-15-18-5-3-11-28(18)13-9-21(24(32)29-12-2-4-17(16-29)14-23(30)31)27-35(33,34)22-7-1-6-20-19(22)8-10-26-20/h1,3,5-8,10-11,17,21,26-27H,2,4,9,12-14,16H2,(H,30,31). The van der Waals surface area contributed by atoms with E-state index in [2.05, 4.69) is 15.8 Å². The molecule has 1 fully saturated rings. The van der Waals surface area contributed by atoms with Crippen molar-refractivity contribution in [3.8, 4) is 6.07 Å². The Morgan fingerprint density at radius 1 is 1.26 bits per heavy atom. The van der Waals surface area contributed by atoms with Crippen LogP contribution < -0.4 is 4.72 Å². The molecular weight excluding hydrogens is 470 g/mol. The van der Waals surface area contributed by atoms with Gasteiger partial charge in [-0.3, -0.25) is 9.59 Å². The van der Waals surface area contributed by atoms with Crippen LogP contribution in [0.3, 0.4) is 0 Å². The van der Waals surface area contributed by atoms with E-state index >= 15 is 0 Å². The average Bonchev–Trinajstić information content (AvgIpc) is 3.49. The maximum Gasteiger partial charge on any atom is 0.303 e. The first-order valence-corrected chi connectivity index (χ1v) is 12.9. The molecule has 1 aliphatic heterocycles. The lowest BCUT2D eigenvalue weighted by atomic mass is 9.94. The number of aliphatic carboxylic acids is 1. The molecule has 0 aliphatic carbocycles. The molecule has 1 amide bonds. The molecule has 3 N–H and O–H groups in total. The van der Waals surface area contributed by atoms with Crippen LogP contribution in [0.5, 0.6) is 0 Å². The molecule has 2 atom stereocenters. The average molecular weight is 498 g/mol. The van der Waals surface area contributed by atoms with E-state index in [9.17, 15) is 23.3 Å². The number of piperidine rings is 1. The topological polar surface area (TPSA) is 148 Å². The number of fused-ring (bicyclic) bond motifs is 1. The predicted octanol–water partition coefficient (Wildman–Crippen LogP) is 2.29. The van der Waals surface area contributed by atoms with E-state index < -0.39 is 27.9 Å². The van der Waals surface area contributed by atoms with Gasteiger partial charge in [-0.25, -0.2) is 8.42 Å². The van der Waals surface area contributed by atoms with Crippen molar-refractivity contribution in [2.45, 2.75) is 43.2 Å². The third kappa shape index (κ3) is 5.55. The zero-order chi connectivity index (χ0) is 25.0. The largest absolute Gasteiger partial charge is 0.481 e. The second-order valence-electron chi connectivity index (χ2n) is 8.75. The third-order valence-corrected chi connectivity index (χ3v) is 7.87. The number of sulfonamides is 1. The summed E-state index contributed by atoms with van der Waals surface area (Å²) in [6, 6.07) is 10.9. The molecule has 0 spiro atoms. The second-order valence-corrected chi connectivity index (χ2v) is 10.4. The smallest absolute Gasteiger partial charge is 0.303 e. The molecule has 0 saturated carbocycles. The van der Waals surface area contributed by atoms with Crippen molar-refractivity contribution in [1.82, 2.24) is 19.2 Å². The van der Waals surface area contributed by atoms with Gasteiger partial charge in [-0.15, -0.1) is 0 Å². The maximum atomic E-state index is 13.5. The van der Waals surface area contributed by atoms with Gasteiger partial charge in [-0.1, -0.05) is 6.07 Å². The van der Waals surface area contributed by atoms with Gasteiger partial charge in [-0.05, 0) is 55.5 Å². The zero-order valence-electron chi connectivity index (χ0n) is 19.1. The second kappa shape index (κ2) is 10.3. The molecule has 3 heterocycles. The van der Waals surface area contributed by atoms with Crippen molar-refractivity contribution in [2.24, 2.45) is 5.92 Å². The minimum absolute atomic E-state index is 0.0371. The summed E-state index contributed by atoms with van der Waals surface area (Å²) in [4.78, 5) is 29.3. The van der Waals surface area contributed by atoms with Crippen molar-refractivity contribution >= 4 is 32.8 Å². The van der Waals surface area contributed by atoms with E-state index in [1.54, 1.807) is 52.2 Å². The van der Waals surface area contributed by atoms with E-state index in [1.165, 1.54) is 6.07 Å². The summed E-state index contributed by atoms with van der Waals surface area (Å²) in [5.74, 6) is -1.49. The third-order valence-electron chi connectivity index (χ3n) is 6.34. The molecule has 10 nitrogen and oxygen atoms in total. The monoisotopic (exact) mass is 497 g/mol. The number of aromatic amines is 1. The molecule has 0 bridgehead atoms. The van der Waals surface area contributed by atoms with Crippen molar-refractivity contribution in [3.05, 3.63) is 54.5 Å². The zero-order valence-corrected chi connectivity index (χ0v) is 19.9. The number of rotatable bonds is 9. The number of likely N-dealkylation sites (tertiary alicyclic amines) is 1. The summed E-state index contributed by atoms with van der Waals surface area (Å²) < 4.78 is 31.1. The van der Waals surface area contributed by atoms with Gasteiger partial charge in [0.25, 0.3) is 0 Å². The minimum atomic E-state index is -4.06. The number of hydrogen-bond acceptors (Lipinski definition) is 5. The van der Waals surface area contributed by atoms with Crippen molar-refractivity contribution in [3.63, 3.8) is 0 Å². The lowest BCUT2D eigenvalue weighted by Gasteiger charge is -2.34. The van der Waals surface area contributed by atoms with Crippen LogP contribution in [0.25, 0.3) is 10.9 Å². The highest BCUT2D eigenvalue weighted by molar-refractivity contribution is 7.89. The molecule has 35 heavy (non-hydrogen) atoms. The van der Waals surface area contributed by atoms with Gasteiger partial charge in [0.05, 0.1) is 4.90 Å². The SMILES string of the molecule is N#Cc1cccn1CCC(NS(=O)(=O)c1cccc2[nH]ccc12)C(=O)N1CCCC(CC(=O)O)C1. The van der Waals surface area contributed by atoms with Gasteiger partial charge < -0.3 is 19.6 Å². The number of carboxylic acids is 1. The van der Waals surface area contributed by atoms with Crippen LogP contribution in [0.15, 0.2) is 53.7 Å². The fourth-order valence-corrected chi connectivity index (χ4v) is 6.10. The molecule has 1 saturated heterocycles. The Balaban J connectivity index is 1.59. The normalized spacial score (nSPS) is 17.2. The van der Waals surface area contributed by atoms with Crippen LogP contribution in [0, 0.1) is 17.2 Å². The molecule has 2 unspecified atom stereocenters. The van der Waals surface area contributed by atoms with Gasteiger partial charge >= 0.3 is 5.97 Å². The lowest BCUT2D eigenvalue weighted by molar-refractivity contribution is -0.141. The molecule has 1 aromatic carbocycles. The first kappa shape index (κ1) is 24.5. The molecule has 2 aromatic heterocycles. The Bertz CT molecular complexity index is 1370. The summed E-state index contributed by atoms with van der Waals surface area (Å²) in [6.07, 6.45) is 4.81. The van der Waals surface area contributed by atoms with Crippen molar-refractivity contribution in [2.75, 3.05) is 13.1 Å². The summed E-state index contributed by atoms with van der Waals surface area (Å²) >= 11 is 0. The number of aromatic nitrogens is 2. The maximum absolute atomic E-state index is 13.5. The lowest BCUT2D eigenvalue weighted by Crippen LogP contribution is -2.51. The molecule has 1 aliphatic rings. The first-order valence-electron chi connectivity index (χ1n) is 11.4. The number of carboxylic acid groups (broad SMARTS) is 1. The molecule has 184 valence electrons. The van der Waals surface area contributed by atoms with E-state index in [0.717, 1.165) is 0 Å². The van der Waals surface area contributed by atoms with Crippen LogP contribution in [0.4, 0.5) is 0 Å². The summed E-state index contributed by atoms with van der Waals surface area (Å²) in [5, 5.41) is 19.0.